The molecule has 0 aliphatic carbocycles. The fraction of sp³-hybridized carbons (Fsp3) is 0.800. The predicted octanol–water partition coefficient (Wildman–Crippen LogP) is 0.442. The number of rotatable bonds is 4. The molecule has 0 aromatic heterocycles. The van der Waals surface area contributed by atoms with Gasteiger partial charge in [-0.3, -0.25) is 4.79 Å². The van der Waals surface area contributed by atoms with Crippen LogP contribution in [0.2, 0.25) is 0 Å². The summed E-state index contributed by atoms with van der Waals surface area (Å²) in [4.78, 5) is 10.2. The van der Waals surface area contributed by atoms with E-state index in [1.807, 2.05) is 7.05 Å². The minimum atomic E-state index is -0.0275. The molecule has 1 N–H and O–H groups in total. The third-order valence-corrected chi connectivity index (χ3v) is 1.04. The lowest BCUT2D eigenvalue weighted by Gasteiger charge is -1.92. The molecule has 8 heavy (non-hydrogen) atoms. The molecule has 2 nitrogen and oxygen atoms in total. The third kappa shape index (κ3) is 5.98. The maximum absolute atomic E-state index is 10.2. The van der Waals surface area contributed by atoms with Gasteiger partial charge in [0.2, 0.25) is 0 Å². The van der Waals surface area contributed by atoms with Crippen LogP contribution in [0, 0.1) is 0 Å². The molecule has 0 spiro atoms. The summed E-state index contributed by atoms with van der Waals surface area (Å²) in [5, 5.41) is 2.91. The van der Waals surface area contributed by atoms with E-state index in [2.05, 4.69) is 17.9 Å². The maximum atomic E-state index is 10.2. The van der Waals surface area contributed by atoms with Crippen LogP contribution < -0.4 is 5.32 Å². The predicted molar refractivity (Wildman–Crippen MR) is 37.2 cm³/mol. The fourth-order valence-electron chi connectivity index (χ4n) is 0.416. The summed E-state index contributed by atoms with van der Waals surface area (Å²) in [5.74, 6) is 0. The van der Waals surface area contributed by atoms with E-state index < -0.39 is 0 Å². The highest BCUT2D eigenvalue weighted by Gasteiger charge is 1.90. The molecule has 0 aliphatic rings. The van der Waals surface area contributed by atoms with Gasteiger partial charge in [-0.2, -0.15) is 0 Å². The van der Waals surface area contributed by atoms with Crippen molar-refractivity contribution < 1.29 is 4.79 Å². The Bertz CT molecular complexity index is 74.8. The lowest BCUT2D eigenvalue weighted by Crippen LogP contribution is -2.08. The molecular formula is C5H11NOS. The Hall–Kier alpha value is -0.0200. The smallest absolute Gasteiger partial charge is 0.185 e. The summed E-state index contributed by atoms with van der Waals surface area (Å²) >= 11 is 3.60. The van der Waals surface area contributed by atoms with Gasteiger partial charge in [-0.05, 0) is 20.0 Å². The lowest BCUT2D eigenvalue weighted by molar-refractivity contribution is -0.110. The molecule has 0 rings (SSSR count). The van der Waals surface area contributed by atoms with Crippen molar-refractivity contribution in [1.82, 2.24) is 5.32 Å². The van der Waals surface area contributed by atoms with E-state index >= 15 is 0 Å². The molecule has 48 valence electrons. The van der Waals surface area contributed by atoms with Gasteiger partial charge in [-0.15, -0.1) is 12.6 Å². The highest BCUT2D eigenvalue weighted by atomic mass is 32.1. The van der Waals surface area contributed by atoms with Crippen LogP contribution in [0.25, 0.3) is 0 Å². The van der Waals surface area contributed by atoms with Gasteiger partial charge in [0.25, 0.3) is 0 Å². The van der Waals surface area contributed by atoms with Crippen molar-refractivity contribution >= 4 is 17.7 Å². The molecule has 0 saturated heterocycles. The summed E-state index contributed by atoms with van der Waals surface area (Å²) < 4.78 is 0. The molecule has 0 aromatic rings. The number of carbonyl (C=O) groups excluding carboxylic acids is 1. The maximum Gasteiger partial charge on any atom is 0.185 e. The number of nitrogens with one attached hydrogen (secondary N) is 1. The largest absolute Gasteiger partial charge is 0.320 e. The third-order valence-electron chi connectivity index (χ3n) is 0.817. The number of hydrogen-bond donors (Lipinski definition) is 2. The summed E-state index contributed by atoms with van der Waals surface area (Å²) in [6, 6.07) is 0. The number of thiol groups is 1. The zero-order valence-electron chi connectivity index (χ0n) is 4.98. The SMILES string of the molecule is CNCCCC(=O)S. The van der Waals surface area contributed by atoms with Crippen LogP contribution in [0.3, 0.4) is 0 Å². The van der Waals surface area contributed by atoms with E-state index in [9.17, 15) is 4.79 Å². The van der Waals surface area contributed by atoms with Crippen molar-refractivity contribution in [2.24, 2.45) is 0 Å². The second kappa shape index (κ2) is 5.12. The Labute approximate surface area is 55.1 Å². The second-order valence-corrected chi connectivity index (χ2v) is 2.10. The Morgan fingerprint density at radius 2 is 2.38 bits per heavy atom. The molecule has 0 amide bonds. The zero-order chi connectivity index (χ0) is 6.41. The van der Waals surface area contributed by atoms with Crippen molar-refractivity contribution in [3.05, 3.63) is 0 Å². The molecule has 0 radical (unpaired) electrons. The van der Waals surface area contributed by atoms with Gasteiger partial charge in [-0.1, -0.05) is 0 Å². The van der Waals surface area contributed by atoms with Crippen LogP contribution in [0.1, 0.15) is 12.8 Å². The van der Waals surface area contributed by atoms with Gasteiger partial charge in [0.1, 0.15) is 0 Å². The Morgan fingerprint density at radius 3 is 2.75 bits per heavy atom. The average Bonchev–Trinajstić information content (AvgIpc) is 1.66. The van der Waals surface area contributed by atoms with E-state index in [-0.39, 0.29) is 5.12 Å². The first-order chi connectivity index (χ1) is 3.77. The topological polar surface area (TPSA) is 29.1 Å². The molecule has 0 atom stereocenters. The van der Waals surface area contributed by atoms with Crippen molar-refractivity contribution in [2.45, 2.75) is 12.8 Å². The van der Waals surface area contributed by atoms with Gasteiger partial charge in [0.15, 0.2) is 5.12 Å². The normalized spacial score (nSPS) is 9.25. The number of carbonyl (C=O) groups is 1. The quantitative estimate of drug-likeness (QED) is 0.430. The minimum Gasteiger partial charge on any atom is -0.320 e. The van der Waals surface area contributed by atoms with Crippen molar-refractivity contribution in [1.29, 1.82) is 0 Å². The molecule has 0 aromatic carbocycles. The summed E-state index contributed by atoms with van der Waals surface area (Å²) in [7, 11) is 1.86. The van der Waals surface area contributed by atoms with E-state index in [1.54, 1.807) is 0 Å². The monoisotopic (exact) mass is 133 g/mol. The molecule has 3 heteroatoms. The first-order valence-electron chi connectivity index (χ1n) is 2.63. The first kappa shape index (κ1) is 7.98. The highest BCUT2D eigenvalue weighted by molar-refractivity contribution is 7.96. The van der Waals surface area contributed by atoms with Crippen molar-refractivity contribution in [3.8, 4) is 0 Å². The van der Waals surface area contributed by atoms with Gasteiger partial charge >= 0.3 is 0 Å². The lowest BCUT2D eigenvalue weighted by atomic mass is 10.3. The first-order valence-corrected chi connectivity index (χ1v) is 3.08. The van der Waals surface area contributed by atoms with Gasteiger partial charge < -0.3 is 5.32 Å². The molecule has 0 heterocycles. The van der Waals surface area contributed by atoms with Gasteiger partial charge in [-0.25, -0.2) is 0 Å². The van der Waals surface area contributed by atoms with Crippen LogP contribution in [0.4, 0.5) is 0 Å². The van der Waals surface area contributed by atoms with Crippen LogP contribution in [0.5, 0.6) is 0 Å². The summed E-state index contributed by atoms with van der Waals surface area (Å²) in [6.45, 7) is 0.895. The molecule has 0 bridgehead atoms. The standard InChI is InChI=1S/C5H11NOS/c1-6-4-2-3-5(7)8/h6H,2-4H2,1H3,(H,7,8). The van der Waals surface area contributed by atoms with Gasteiger partial charge in [0, 0.05) is 6.42 Å². The summed E-state index contributed by atoms with van der Waals surface area (Å²) in [6.07, 6.45) is 1.46. The van der Waals surface area contributed by atoms with E-state index in [4.69, 9.17) is 0 Å². The van der Waals surface area contributed by atoms with Crippen LogP contribution in [0.15, 0.2) is 0 Å². The summed E-state index contributed by atoms with van der Waals surface area (Å²) in [5.41, 5.74) is 0. The van der Waals surface area contributed by atoms with E-state index in [1.165, 1.54) is 0 Å². The van der Waals surface area contributed by atoms with Crippen LogP contribution >= 0.6 is 12.6 Å². The molecule has 0 aliphatic heterocycles. The van der Waals surface area contributed by atoms with Crippen molar-refractivity contribution in [3.63, 3.8) is 0 Å². The van der Waals surface area contributed by atoms with E-state index in [0.717, 1.165) is 13.0 Å². The van der Waals surface area contributed by atoms with Crippen molar-refractivity contribution in [2.75, 3.05) is 13.6 Å². The highest BCUT2D eigenvalue weighted by Crippen LogP contribution is 1.90. The Morgan fingerprint density at radius 1 is 1.75 bits per heavy atom. The number of hydrogen-bond acceptors (Lipinski definition) is 2. The molecule has 0 unspecified atom stereocenters. The average molecular weight is 133 g/mol. The van der Waals surface area contributed by atoms with Gasteiger partial charge in [0.05, 0.1) is 0 Å². The van der Waals surface area contributed by atoms with E-state index in [0.29, 0.717) is 6.42 Å². The second-order valence-electron chi connectivity index (χ2n) is 1.60. The van der Waals surface area contributed by atoms with Crippen LogP contribution in [-0.4, -0.2) is 18.7 Å². The molecule has 0 fully saturated rings. The zero-order valence-corrected chi connectivity index (χ0v) is 5.87. The van der Waals surface area contributed by atoms with Crippen LogP contribution in [-0.2, 0) is 4.79 Å². The fourth-order valence-corrected chi connectivity index (χ4v) is 0.575. The Balaban J connectivity index is 2.82. The Kier molecular flexibility index (Phi) is 5.11. The molecular weight excluding hydrogens is 122 g/mol. The minimum absolute atomic E-state index is 0.0275. The molecule has 0 saturated carbocycles.